The smallest absolute Gasteiger partial charge is 0.251 e. The van der Waals surface area contributed by atoms with Crippen molar-refractivity contribution < 1.29 is 14.3 Å². The van der Waals surface area contributed by atoms with Crippen molar-refractivity contribution in [1.82, 2.24) is 25.1 Å². The normalized spacial score (nSPS) is 10.8. The van der Waals surface area contributed by atoms with Crippen molar-refractivity contribution >= 4 is 11.6 Å². The maximum absolute atomic E-state index is 12.7. The molecule has 0 fully saturated rings. The van der Waals surface area contributed by atoms with Crippen molar-refractivity contribution in [1.29, 1.82) is 0 Å². The van der Waals surface area contributed by atoms with Gasteiger partial charge in [-0.3, -0.25) is 4.79 Å². The van der Waals surface area contributed by atoms with Crippen LogP contribution in [0, 0.1) is 13.8 Å². The molecule has 0 saturated heterocycles. The van der Waals surface area contributed by atoms with E-state index in [4.69, 9.17) is 9.47 Å². The predicted molar refractivity (Wildman–Crippen MR) is 116 cm³/mol. The van der Waals surface area contributed by atoms with Gasteiger partial charge in [-0.25, -0.2) is 0 Å². The summed E-state index contributed by atoms with van der Waals surface area (Å²) in [6.45, 7) is 4.32. The van der Waals surface area contributed by atoms with Crippen molar-refractivity contribution in [2.75, 3.05) is 14.2 Å². The molecule has 8 heteroatoms. The number of carbonyl (C=O) groups excluding carboxylic acids is 1. The molecule has 0 spiro atoms. The molecule has 0 unspecified atom stereocenters. The van der Waals surface area contributed by atoms with Crippen molar-refractivity contribution in [3.8, 4) is 22.8 Å². The van der Waals surface area contributed by atoms with Gasteiger partial charge >= 0.3 is 0 Å². The number of hydrogen-bond donors (Lipinski definition) is 1. The lowest BCUT2D eigenvalue weighted by Crippen LogP contribution is -2.24. The number of rotatable bonds is 6. The Hall–Kier alpha value is -3.94. The van der Waals surface area contributed by atoms with Gasteiger partial charge in [0.2, 0.25) is 0 Å². The summed E-state index contributed by atoms with van der Waals surface area (Å²) in [7, 11) is 3.08. The largest absolute Gasteiger partial charge is 0.497 e. The summed E-state index contributed by atoms with van der Waals surface area (Å²) in [5, 5.41) is 15.9. The van der Waals surface area contributed by atoms with Crippen LogP contribution in [0.1, 0.15) is 27.3 Å². The topological polar surface area (TPSA) is 90.6 Å². The molecule has 0 aliphatic rings. The number of methoxy groups -OCH3 is 2. The Labute approximate surface area is 179 Å². The summed E-state index contributed by atoms with van der Waals surface area (Å²) in [5.41, 5.74) is 5.28. The van der Waals surface area contributed by atoms with E-state index in [-0.39, 0.29) is 12.5 Å². The Bertz CT molecular complexity index is 1240. The number of amides is 1. The number of aromatic nitrogens is 4. The first-order valence-corrected chi connectivity index (χ1v) is 9.78. The highest BCUT2D eigenvalue weighted by molar-refractivity contribution is 5.95. The van der Waals surface area contributed by atoms with Crippen LogP contribution in [0.15, 0.2) is 48.5 Å². The summed E-state index contributed by atoms with van der Waals surface area (Å²) < 4.78 is 12.1. The van der Waals surface area contributed by atoms with E-state index in [0.717, 1.165) is 11.3 Å². The molecule has 0 saturated carbocycles. The number of nitrogens with zero attached hydrogens (tertiary/aromatic N) is 4. The van der Waals surface area contributed by atoms with Crippen LogP contribution < -0.4 is 14.8 Å². The molecule has 0 aliphatic heterocycles. The van der Waals surface area contributed by atoms with Crippen LogP contribution in [0.5, 0.6) is 11.5 Å². The molecule has 0 aliphatic carbocycles. The SMILES string of the molecule is COc1cc(OC)cc(C(=O)NCc2nnc3ccc(-c4ccc(C)c(C)c4)nn23)c1. The maximum Gasteiger partial charge on any atom is 0.251 e. The minimum Gasteiger partial charge on any atom is -0.497 e. The van der Waals surface area contributed by atoms with Crippen LogP contribution >= 0.6 is 0 Å². The fourth-order valence-electron chi connectivity index (χ4n) is 3.20. The molecule has 2 aromatic heterocycles. The van der Waals surface area contributed by atoms with Crippen LogP contribution in [0.4, 0.5) is 0 Å². The number of hydrogen-bond acceptors (Lipinski definition) is 6. The Balaban J connectivity index is 1.57. The Kier molecular flexibility index (Phi) is 5.53. The molecule has 2 heterocycles. The zero-order valence-corrected chi connectivity index (χ0v) is 17.8. The van der Waals surface area contributed by atoms with Gasteiger partial charge in [-0.15, -0.1) is 10.2 Å². The third-order valence-corrected chi connectivity index (χ3v) is 5.15. The average Bonchev–Trinajstić information content (AvgIpc) is 3.21. The van der Waals surface area contributed by atoms with E-state index >= 15 is 0 Å². The first kappa shape index (κ1) is 20.3. The Morgan fingerprint density at radius 3 is 2.35 bits per heavy atom. The fraction of sp³-hybridized carbons (Fsp3) is 0.217. The van der Waals surface area contributed by atoms with Crippen LogP contribution in [-0.4, -0.2) is 39.9 Å². The summed E-state index contributed by atoms with van der Waals surface area (Å²) in [4.78, 5) is 12.7. The fourth-order valence-corrected chi connectivity index (χ4v) is 3.20. The molecule has 1 amide bonds. The quantitative estimate of drug-likeness (QED) is 0.517. The molecule has 0 radical (unpaired) electrons. The van der Waals surface area contributed by atoms with Gasteiger partial charge in [0.1, 0.15) is 11.5 Å². The van der Waals surface area contributed by atoms with Gasteiger partial charge in [-0.2, -0.15) is 9.61 Å². The van der Waals surface area contributed by atoms with Gasteiger partial charge in [-0.1, -0.05) is 12.1 Å². The van der Waals surface area contributed by atoms with Gasteiger partial charge in [-0.05, 0) is 55.3 Å². The predicted octanol–water partition coefficient (Wildman–Crippen LogP) is 3.36. The van der Waals surface area contributed by atoms with Gasteiger partial charge in [0.25, 0.3) is 5.91 Å². The molecule has 2 aromatic carbocycles. The Morgan fingerprint density at radius 1 is 0.935 bits per heavy atom. The lowest BCUT2D eigenvalue weighted by atomic mass is 10.0. The number of ether oxygens (including phenoxy) is 2. The van der Waals surface area contributed by atoms with E-state index in [1.807, 2.05) is 18.2 Å². The highest BCUT2D eigenvalue weighted by Crippen LogP contribution is 2.23. The van der Waals surface area contributed by atoms with Crippen LogP contribution in [-0.2, 0) is 6.54 Å². The maximum atomic E-state index is 12.7. The second-order valence-electron chi connectivity index (χ2n) is 7.19. The molecule has 4 aromatic rings. The minimum atomic E-state index is -0.278. The molecule has 158 valence electrons. The third kappa shape index (κ3) is 4.18. The molecular weight excluding hydrogens is 394 g/mol. The van der Waals surface area contributed by atoms with Gasteiger partial charge in [0, 0.05) is 17.2 Å². The van der Waals surface area contributed by atoms with Crippen molar-refractivity contribution in [2.24, 2.45) is 0 Å². The standard InChI is InChI=1S/C23H23N5O3/c1-14-5-6-16(9-15(14)2)20-7-8-21-25-26-22(28(21)27-20)13-24-23(29)17-10-18(30-3)12-19(11-17)31-4/h5-12H,13H2,1-4H3,(H,24,29). The lowest BCUT2D eigenvalue weighted by molar-refractivity contribution is 0.0949. The van der Waals surface area contributed by atoms with E-state index in [1.54, 1.807) is 22.7 Å². The molecule has 0 atom stereocenters. The van der Waals surface area contributed by atoms with Crippen LogP contribution in [0.3, 0.4) is 0 Å². The second-order valence-corrected chi connectivity index (χ2v) is 7.19. The molecule has 4 rings (SSSR count). The van der Waals surface area contributed by atoms with Crippen LogP contribution in [0.25, 0.3) is 16.9 Å². The number of nitrogens with one attached hydrogen (secondary N) is 1. The number of fused-ring (bicyclic) bond motifs is 1. The molecule has 0 bridgehead atoms. The number of carbonyl (C=O) groups is 1. The van der Waals surface area contributed by atoms with Crippen molar-refractivity contribution in [2.45, 2.75) is 20.4 Å². The monoisotopic (exact) mass is 417 g/mol. The van der Waals surface area contributed by atoms with E-state index in [1.165, 1.54) is 25.3 Å². The minimum absolute atomic E-state index is 0.170. The van der Waals surface area contributed by atoms with Crippen molar-refractivity contribution in [3.63, 3.8) is 0 Å². The zero-order valence-electron chi connectivity index (χ0n) is 17.8. The lowest BCUT2D eigenvalue weighted by Gasteiger charge is -2.09. The first-order chi connectivity index (χ1) is 15.0. The molecule has 8 nitrogen and oxygen atoms in total. The Morgan fingerprint density at radius 2 is 1.68 bits per heavy atom. The van der Waals surface area contributed by atoms with E-state index in [9.17, 15) is 4.79 Å². The average molecular weight is 417 g/mol. The number of benzene rings is 2. The summed E-state index contributed by atoms with van der Waals surface area (Å²) in [5.74, 6) is 1.33. The van der Waals surface area contributed by atoms with Gasteiger partial charge in [0.15, 0.2) is 11.5 Å². The van der Waals surface area contributed by atoms with Crippen LogP contribution in [0.2, 0.25) is 0 Å². The first-order valence-electron chi connectivity index (χ1n) is 9.78. The summed E-state index contributed by atoms with van der Waals surface area (Å²) in [6, 6.07) is 15.0. The highest BCUT2D eigenvalue weighted by atomic mass is 16.5. The number of aryl methyl sites for hydroxylation is 2. The molecule has 1 N–H and O–H groups in total. The van der Waals surface area contributed by atoms with E-state index < -0.39 is 0 Å². The van der Waals surface area contributed by atoms with Crippen molar-refractivity contribution in [3.05, 3.63) is 71.0 Å². The summed E-state index contributed by atoms with van der Waals surface area (Å²) >= 11 is 0. The van der Waals surface area contributed by atoms with E-state index in [0.29, 0.717) is 28.5 Å². The third-order valence-electron chi connectivity index (χ3n) is 5.15. The zero-order chi connectivity index (χ0) is 22.0. The molecular formula is C23H23N5O3. The summed E-state index contributed by atoms with van der Waals surface area (Å²) in [6.07, 6.45) is 0. The van der Waals surface area contributed by atoms with Gasteiger partial charge < -0.3 is 14.8 Å². The second kappa shape index (κ2) is 8.43. The van der Waals surface area contributed by atoms with Gasteiger partial charge in [0.05, 0.1) is 26.5 Å². The highest BCUT2D eigenvalue weighted by Gasteiger charge is 2.13. The molecule has 31 heavy (non-hydrogen) atoms. The van der Waals surface area contributed by atoms with E-state index in [2.05, 4.69) is 46.6 Å².